The lowest BCUT2D eigenvalue weighted by Crippen LogP contribution is -2.43. The van der Waals surface area contributed by atoms with Gasteiger partial charge in [-0.15, -0.1) is 0 Å². The Morgan fingerprint density at radius 2 is 1.82 bits per heavy atom. The number of fused-ring (bicyclic) bond motifs is 1. The summed E-state index contributed by atoms with van der Waals surface area (Å²) < 4.78 is 34.0. The van der Waals surface area contributed by atoms with Gasteiger partial charge in [-0.25, -0.2) is 20.0 Å². The van der Waals surface area contributed by atoms with E-state index in [9.17, 15) is 4.57 Å². The van der Waals surface area contributed by atoms with Gasteiger partial charge in [-0.1, -0.05) is 42.5 Å². The Hall–Kier alpha value is -3.30. The van der Waals surface area contributed by atoms with Gasteiger partial charge in [0.25, 0.3) is 0 Å². The summed E-state index contributed by atoms with van der Waals surface area (Å²) in [4.78, 5) is 12.5. The zero-order valence-electron chi connectivity index (χ0n) is 22.2. The summed E-state index contributed by atoms with van der Waals surface area (Å²) in [5.74, 6) is 0.808. The molecule has 0 spiro atoms. The molecular weight excluding hydrogens is 503 g/mol. The molecule has 2 atom stereocenters. The molecule has 4 aromatic rings. The van der Waals surface area contributed by atoms with Crippen LogP contribution in [0.2, 0.25) is 0 Å². The van der Waals surface area contributed by atoms with Gasteiger partial charge in [0.2, 0.25) is 0 Å². The molecule has 10 nitrogen and oxygen atoms in total. The topological polar surface area (TPSA) is 126 Å². The molecule has 4 rings (SSSR count). The third-order valence-corrected chi connectivity index (χ3v) is 7.80. The first-order valence-corrected chi connectivity index (χ1v) is 14.2. The van der Waals surface area contributed by atoms with Crippen molar-refractivity contribution in [3.05, 3.63) is 78.4 Å². The van der Waals surface area contributed by atoms with Crippen LogP contribution < -0.4 is 15.3 Å². The highest BCUT2D eigenvalue weighted by Gasteiger charge is 2.34. The number of benzene rings is 2. The molecule has 0 bridgehead atoms. The zero-order valence-corrected chi connectivity index (χ0v) is 23.1. The standard InChI is InChI=1S/C27H35N6O4P/c1-20-10-8-9-11-22(20)15-35-16-27(3,4)32-38(34,37-23-12-6-5-7-13-23)19-36-21(2)14-33-18-31-24-25(28)29-17-30-26(24)33/h5-13,17-18,21H,14-16,19H2,1-4H3,(H,32,34)(H2,28,29,30)/t21-,38?/m1/s1. The maximum Gasteiger partial charge on any atom is 0.342 e. The largest absolute Gasteiger partial charge is 0.431 e. The number of anilines is 1. The molecule has 202 valence electrons. The second-order valence-electron chi connectivity index (χ2n) is 9.93. The Labute approximate surface area is 223 Å². The van der Waals surface area contributed by atoms with Gasteiger partial charge in [-0.2, -0.15) is 0 Å². The molecule has 0 saturated heterocycles. The molecule has 0 saturated carbocycles. The lowest BCUT2D eigenvalue weighted by Gasteiger charge is -2.32. The Bertz CT molecular complexity index is 1390. The van der Waals surface area contributed by atoms with Crippen LogP contribution in [-0.4, -0.2) is 44.1 Å². The summed E-state index contributed by atoms with van der Waals surface area (Å²) in [6.45, 7) is 9.01. The fraction of sp³-hybridized carbons (Fsp3) is 0.370. The normalized spacial score (nSPS) is 14.3. The molecule has 0 aliphatic rings. The summed E-state index contributed by atoms with van der Waals surface area (Å²) in [6, 6.07) is 17.1. The van der Waals surface area contributed by atoms with Gasteiger partial charge in [0, 0.05) is 5.54 Å². The summed E-state index contributed by atoms with van der Waals surface area (Å²) in [5, 5.41) is 3.20. The molecule has 2 heterocycles. The number of aromatic nitrogens is 4. The van der Waals surface area contributed by atoms with Crippen molar-refractivity contribution in [3.63, 3.8) is 0 Å². The van der Waals surface area contributed by atoms with Gasteiger partial charge in [0.05, 0.1) is 32.2 Å². The predicted molar refractivity (Wildman–Crippen MR) is 148 cm³/mol. The van der Waals surface area contributed by atoms with E-state index in [1.807, 2.05) is 61.7 Å². The molecule has 0 amide bonds. The molecule has 0 fully saturated rings. The van der Waals surface area contributed by atoms with E-state index in [0.29, 0.717) is 42.5 Å². The summed E-state index contributed by atoms with van der Waals surface area (Å²) in [7, 11) is -3.51. The fourth-order valence-corrected chi connectivity index (χ4v) is 6.06. The van der Waals surface area contributed by atoms with Gasteiger partial charge in [-0.05, 0) is 51.0 Å². The summed E-state index contributed by atoms with van der Waals surface area (Å²) in [5.41, 5.74) is 8.66. The first-order chi connectivity index (χ1) is 18.1. The molecule has 0 aliphatic heterocycles. The molecule has 1 unspecified atom stereocenters. The molecule has 38 heavy (non-hydrogen) atoms. The number of ether oxygens (including phenoxy) is 2. The van der Waals surface area contributed by atoms with Crippen LogP contribution in [0.3, 0.4) is 0 Å². The maximum atomic E-state index is 14.1. The SMILES string of the molecule is Cc1ccccc1COCC(C)(C)NP(=O)(CO[C@H](C)Cn1cnc2c(N)ncnc21)Oc1ccccc1. The summed E-state index contributed by atoms with van der Waals surface area (Å²) in [6.07, 6.45) is 2.58. The number of hydrogen-bond acceptors (Lipinski definition) is 8. The maximum absolute atomic E-state index is 14.1. The number of rotatable bonds is 13. The molecule has 0 radical (unpaired) electrons. The summed E-state index contributed by atoms with van der Waals surface area (Å²) >= 11 is 0. The fourth-order valence-electron chi connectivity index (χ4n) is 4.00. The molecular formula is C27H35N6O4P. The zero-order chi connectivity index (χ0) is 27.2. The minimum atomic E-state index is -3.51. The van der Waals surface area contributed by atoms with Crippen molar-refractivity contribution in [2.24, 2.45) is 0 Å². The van der Waals surface area contributed by atoms with Crippen LogP contribution in [-0.2, 0) is 27.2 Å². The van der Waals surface area contributed by atoms with E-state index in [1.54, 1.807) is 18.5 Å². The highest BCUT2D eigenvalue weighted by molar-refractivity contribution is 7.57. The van der Waals surface area contributed by atoms with Crippen LogP contribution in [0, 0.1) is 6.92 Å². The van der Waals surface area contributed by atoms with E-state index in [1.165, 1.54) is 11.9 Å². The monoisotopic (exact) mass is 538 g/mol. The molecule has 0 aliphatic carbocycles. The minimum Gasteiger partial charge on any atom is -0.431 e. The minimum absolute atomic E-state index is 0.145. The Morgan fingerprint density at radius 1 is 1.08 bits per heavy atom. The van der Waals surface area contributed by atoms with E-state index in [4.69, 9.17) is 19.7 Å². The number of nitrogens with two attached hydrogens (primary N) is 1. The van der Waals surface area contributed by atoms with Crippen molar-refractivity contribution in [1.82, 2.24) is 24.6 Å². The van der Waals surface area contributed by atoms with Gasteiger partial charge in [0.1, 0.15) is 23.9 Å². The highest BCUT2D eigenvalue weighted by Crippen LogP contribution is 2.45. The number of aryl methyl sites for hydroxylation is 1. The first-order valence-electron chi connectivity index (χ1n) is 12.4. The van der Waals surface area contributed by atoms with Crippen molar-refractivity contribution >= 4 is 24.5 Å². The van der Waals surface area contributed by atoms with Crippen LogP contribution in [0.1, 0.15) is 31.9 Å². The number of imidazole rings is 1. The van der Waals surface area contributed by atoms with Gasteiger partial charge >= 0.3 is 7.52 Å². The van der Waals surface area contributed by atoms with Crippen molar-refractivity contribution in [1.29, 1.82) is 0 Å². The predicted octanol–water partition coefficient (Wildman–Crippen LogP) is 4.94. The third kappa shape index (κ3) is 7.39. The average molecular weight is 539 g/mol. The van der Waals surface area contributed by atoms with E-state index >= 15 is 0 Å². The smallest absolute Gasteiger partial charge is 0.342 e. The van der Waals surface area contributed by atoms with E-state index < -0.39 is 13.1 Å². The molecule has 2 aromatic carbocycles. The van der Waals surface area contributed by atoms with Crippen molar-refractivity contribution in [2.75, 3.05) is 18.7 Å². The number of para-hydroxylation sites is 1. The number of nitrogens with one attached hydrogen (secondary N) is 1. The quantitative estimate of drug-likeness (QED) is 0.228. The number of nitrogens with zero attached hydrogens (tertiary/aromatic N) is 4. The Kier molecular flexibility index (Phi) is 8.79. The van der Waals surface area contributed by atoms with Crippen molar-refractivity contribution in [3.8, 4) is 5.75 Å². The second kappa shape index (κ2) is 12.0. The third-order valence-electron chi connectivity index (χ3n) is 5.86. The van der Waals surface area contributed by atoms with Crippen LogP contribution in [0.15, 0.2) is 67.3 Å². The Balaban J connectivity index is 1.41. The molecule has 2 aromatic heterocycles. The van der Waals surface area contributed by atoms with Crippen molar-refractivity contribution < 1.29 is 18.6 Å². The Morgan fingerprint density at radius 3 is 2.58 bits per heavy atom. The van der Waals surface area contributed by atoms with Crippen LogP contribution in [0.4, 0.5) is 5.82 Å². The first kappa shape index (κ1) is 27.7. The lowest BCUT2D eigenvalue weighted by atomic mass is 10.1. The average Bonchev–Trinajstić information content (AvgIpc) is 3.28. The second-order valence-corrected chi connectivity index (χ2v) is 11.9. The lowest BCUT2D eigenvalue weighted by molar-refractivity contribution is 0.0698. The van der Waals surface area contributed by atoms with E-state index in [0.717, 1.165) is 5.56 Å². The van der Waals surface area contributed by atoms with Gasteiger partial charge in [0.15, 0.2) is 11.5 Å². The van der Waals surface area contributed by atoms with Crippen molar-refractivity contribution in [2.45, 2.75) is 52.5 Å². The molecule has 3 N–H and O–H groups in total. The van der Waals surface area contributed by atoms with Gasteiger partial charge in [-0.3, -0.25) is 4.57 Å². The van der Waals surface area contributed by atoms with Crippen LogP contribution in [0.5, 0.6) is 5.75 Å². The van der Waals surface area contributed by atoms with E-state index in [-0.39, 0.29) is 12.5 Å². The van der Waals surface area contributed by atoms with Crippen LogP contribution in [0.25, 0.3) is 11.2 Å². The highest BCUT2D eigenvalue weighted by atomic mass is 31.2. The number of hydrogen-bond donors (Lipinski definition) is 2. The van der Waals surface area contributed by atoms with Crippen LogP contribution >= 0.6 is 7.52 Å². The molecule has 11 heteroatoms. The number of nitrogen functional groups attached to an aromatic ring is 1. The van der Waals surface area contributed by atoms with E-state index in [2.05, 4.69) is 33.0 Å². The van der Waals surface area contributed by atoms with Gasteiger partial charge < -0.3 is 24.3 Å².